The molecule has 0 spiro atoms. The van der Waals surface area contributed by atoms with Gasteiger partial charge in [0.1, 0.15) is 0 Å². The van der Waals surface area contributed by atoms with Crippen molar-refractivity contribution in [3.05, 3.63) is 49.3 Å². The third-order valence-corrected chi connectivity index (χ3v) is 5.60. The average Bonchev–Trinajstić information content (AvgIpc) is 2.71. The van der Waals surface area contributed by atoms with Crippen molar-refractivity contribution in [2.24, 2.45) is 0 Å². The molecule has 1 N–H and O–H groups in total. The summed E-state index contributed by atoms with van der Waals surface area (Å²) in [5.74, 6) is -0.0930. The summed E-state index contributed by atoms with van der Waals surface area (Å²) in [6, 6.07) is 7.34. The zero-order valence-electron chi connectivity index (χ0n) is 9.48. The number of nitrogens with one attached hydrogen (secondary N) is 1. The van der Waals surface area contributed by atoms with Gasteiger partial charge in [-0.25, -0.2) is 0 Å². The molecule has 0 aliphatic rings. The first-order valence-corrected chi connectivity index (χ1v) is 7.65. The van der Waals surface area contributed by atoms with E-state index in [0.717, 1.165) is 14.0 Å². The Labute approximate surface area is 126 Å². The van der Waals surface area contributed by atoms with Crippen molar-refractivity contribution in [2.75, 3.05) is 0 Å². The minimum Gasteiger partial charge on any atom is -0.343 e. The Kier molecular flexibility index (Phi) is 4.53. The van der Waals surface area contributed by atoms with E-state index in [2.05, 4.69) is 42.2 Å². The highest BCUT2D eigenvalue weighted by Crippen LogP contribution is 2.32. The van der Waals surface area contributed by atoms with E-state index in [1.807, 2.05) is 25.1 Å². The number of hydrogen-bond acceptors (Lipinski definition) is 3. The molecule has 0 saturated carbocycles. The molecule has 0 aliphatic heterocycles. The molecule has 1 amide bonds. The first kappa shape index (κ1) is 13.7. The molecule has 0 unspecified atom stereocenters. The smallest absolute Gasteiger partial charge is 0.261 e. The summed E-state index contributed by atoms with van der Waals surface area (Å²) >= 11 is 8.14. The van der Waals surface area contributed by atoms with Gasteiger partial charge in [-0.1, -0.05) is 6.07 Å². The van der Waals surface area contributed by atoms with Crippen LogP contribution in [0, 0.1) is 0 Å². The second kappa shape index (κ2) is 5.95. The van der Waals surface area contributed by atoms with E-state index in [4.69, 9.17) is 0 Å². The molecule has 94 valence electrons. The number of hydrogen-bond donors (Lipinski definition) is 1. The monoisotopic (exact) mass is 388 g/mol. The zero-order chi connectivity index (χ0) is 13.1. The van der Waals surface area contributed by atoms with Gasteiger partial charge in [0, 0.05) is 10.7 Å². The van der Waals surface area contributed by atoms with Crippen molar-refractivity contribution >= 4 is 49.1 Å². The van der Waals surface area contributed by atoms with Crippen LogP contribution < -0.4 is 5.32 Å². The van der Waals surface area contributed by atoms with Gasteiger partial charge in [-0.3, -0.25) is 9.78 Å². The molecule has 0 aliphatic carbocycles. The van der Waals surface area contributed by atoms with Gasteiger partial charge >= 0.3 is 0 Å². The third-order valence-electron chi connectivity index (χ3n) is 2.35. The Hall–Kier alpha value is -0.720. The molecule has 2 aromatic rings. The summed E-state index contributed by atoms with van der Waals surface area (Å²) in [4.78, 5) is 16.9. The summed E-state index contributed by atoms with van der Waals surface area (Å²) < 4.78 is 1.81. The number of carbonyl (C=O) groups is 1. The number of nitrogens with zero attached hydrogens (tertiary/aromatic N) is 1. The van der Waals surface area contributed by atoms with Crippen LogP contribution in [0.2, 0.25) is 0 Å². The van der Waals surface area contributed by atoms with Gasteiger partial charge in [-0.05, 0) is 57.0 Å². The number of rotatable bonds is 3. The van der Waals surface area contributed by atoms with Crippen LogP contribution in [0.15, 0.2) is 38.7 Å². The Bertz CT molecular complexity index is 537. The number of carbonyl (C=O) groups excluding carboxylic acids is 1. The van der Waals surface area contributed by atoms with Crippen LogP contribution in [0.1, 0.15) is 28.3 Å². The maximum absolute atomic E-state index is 12.0. The normalized spacial score (nSPS) is 12.2. The number of pyridine rings is 1. The fourth-order valence-corrected chi connectivity index (χ4v) is 3.37. The molecule has 0 fully saturated rings. The fourth-order valence-electron chi connectivity index (χ4n) is 1.43. The van der Waals surface area contributed by atoms with Crippen LogP contribution in [0.25, 0.3) is 0 Å². The standard InChI is InChI=1S/C12H10Br2N2OS/c1-7(9-4-2-3-5-15-9)16-12(17)10-6-8(13)11(14)18-10/h2-7H,1H3,(H,16,17)/t7-/m1/s1. The molecular weight excluding hydrogens is 380 g/mol. The summed E-state index contributed by atoms with van der Waals surface area (Å²) in [5.41, 5.74) is 0.848. The van der Waals surface area contributed by atoms with Gasteiger partial charge in [0.15, 0.2) is 0 Å². The SMILES string of the molecule is C[C@@H](NC(=O)c1cc(Br)c(Br)s1)c1ccccn1. The van der Waals surface area contributed by atoms with Crippen LogP contribution in [0.5, 0.6) is 0 Å². The molecule has 0 radical (unpaired) electrons. The van der Waals surface area contributed by atoms with E-state index < -0.39 is 0 Å². The highest BCUT2D eigenvalue weighted by molar-refractivity contribution is 9.13. The minimum atomic E-state index is -0.113. The highest BCUT2D eigenvalue weighted by atomic mass is 79.9. The van der Waals surface area contributed by atoms with Crippen LogP contribution >= 0.6 is 43.2 Å². The molecule has 0 bridgehead atoms. The maximum atomic E-state index is 12.0. The molecule has 1 atom stereocenters. The van der Waals surface area contributed by atoms with Crippen LogP contribution in [-0.2, 0) is 0 Å². The fraction of sp³-hybridized carbons (Fsp3) is 0.167. The zero-order valence-corrected chi connectivity index (χ0v) is 13.5. The van der Waals surface area contributed by atoms with E-state index in [9.17, 15) is 4.79 Å². The van der Waals surface area contributed by atoms with E-state index >= 15 is 0 Å². The molecule has 0 saturated heterocycles. The van der Waals surface area contributed by atoms with E-state index in [1.54, 1.807) is 12.3 Å². The number of halogens is 2. The van der Waals surface area contributed by atoms with E-state index in [-0.39, 0.29) is 11.9 Å². The molecular formula is C12H10Br2N2OS. The third kappa shape index (κ3) is 3.18. The number of thiophene rings is 1. The van der Waals surface area contributed by atoms with Crippen molar-refractivity contribution in [2.45, 2.75) is 13.0 Å². The number of aromatic nitrogens is 1. The predicted octanol–water partition coefficient (Wildman–Crippen LogP) is 4.16. The largest absolute Gasteiger partial charge is 0.343 e. The van der Waals surface area contributed by atoms with Crippen molar-refractivity contribution in [3.8, 4) is 0 Å². The van der Waals surface area contributed by atoms with E-state index in [1.165, 1.54) is 11.3 Å². The Morgan fingerprint density at radius 2 is 2.22 bits per heavy atom. The van der Waals surface area contributed by atoms with Crippen molar-refractivity contribution < 1.29 is 4.79 Å². The lowest BCUT2D eigenvalue weighted by atomic mass is 10.2. The summed E-state index contributed by atoms with van der Waals surface area (Å²) in [7, 11) is 0. The second-order valence-corrected chi connectivity index (χ2v) is 6.91. The summed E-state index contributed by atoms with van der Waals surface area (Å²) in [6.45, 7) is 1.91. The predicted molar refractivity (Wildman–Crippen MR) is 79.8 cm³/mol. The van der Waals surface area contributed by atoms with Gasteiger partial charge in [-0.2, -0.15) is 0 Å². The van der Waals surface area contributed by atoms with Crippen molar-refractivity contribution in [1.82, 2.24) is 10.3 Å². The topological polar surface area (TPSA) is 42.0 Å². The molecule has 3 nitrogen and oxygen atoms in total. The lowest BCUT2D eigenvalue weighted by molar-refractivity contribution is 0.0943. The molecule has 0 aromatic carbocycles. The van der Waals surface area contributed by atoms with Crippen molar-refractivity contribution in [3.63, 3.8) is 0 Å². The van der Waals surface area contributed by atoms with E-state index in [0.29, 0.717) is 4.88 Å². The molecule has 2 heterocycles. The molecule has 6 heteroatoms. The lowest BCUT2D eigenvalue weighted by Crippen LogP contribution is -2.26. The van der Waals surface area contributed by atoms with Crippen LogP contribution in [-0.4, -0.2) is 10.9 Å². The van der Waals surface area contributed by atoms with Gasteiger partial charge in [0.25, 0.3) is 5.91 Å². The van der Waals surface area contributed by atoms with Crippen LogP contribution in [0.3, 0.4) is 0 Å². The highest BCUT2D eigenvalue weighted by Gasteiger charge is 2.15. The first-order valence-electron chi connectivity index (χ1n) is 5.24. The van der Waals surface area contributed by atoms with Gasteiger partial charge in [-0.15, -0.1) is 11.3 Å². The first-order chi connectivity index (χ1) is 8.58. The summed E-state index contributed by atoms with van der Waals surface area (Å²) in [5, 5.41) is 2.92. The Balaban J connectivity index is 2.08. The number of amides is 1. The van der Waals surface area contributed by atoms with Gasteiger partial charge in [0.2, 0.25) is 0 Å². The lowest BCUT2D eigenvalue weighted by Gasteiger charge is -2.12. The molecule has 2 aromatic heterocycles. The van der Waals surface area contributed by atoms with Crippen LogP contribution in [0.4, 0.5) is 0 Å². The molecule has 18 heavy (non-hydrogen) atoms. The second-order valence-electron chi connectivity index (χ2n) is 3.68. The minimum absolute atomic E-state index is 0.0930. The van der Waals surface area contributed by atoms with Gasteiger partial charge < -0.3 is 5.32 Å². The molecule has 2 rings (SSSR count). The average molecular weight is 390 g/mol. The quantitative estimate of drug-likeness (QED) is 0.856. The van der Waals surface area contributed by atoms with Gasteiger partial charge in [0.05, 0.1) is 20.4 Å². The summed E-state index contributed by atoms with van der Waals surface area (Å²) in [6.07, 6.45) is 1.72. The maximum Gasteiger partial charge on any atom is 0.261 e. The van der Waals surface area contributed by atoms with Crippen molar-refractivity contribution in [1.29, 1.82) is 0 Å². The Morgan fingerprint density at radius 1 is 1.44 bits per heavy atom. The Morgan fingerprint density at radius 3 is 2.78 bits per heavy atom.